The molecule has 0 aliphatic carbocycles. The number of aryl methyl sites for hydroxylation is 1. The Morgan fingerprint density at radius 2 is 2.04 bits per heavy atom. The highest BCUT2D eigenvalue weighted by molar-refractivity contribution is 5.76. The summed E-state index contributed by atoms with van der Waals surface area (Å²) < 4.78 is 1.89. The van der Waals surface area contributed by atoms with Gasteiger partial charge in [0, 0.05) is 38.4 Å². The van der Waals surface area contributed by atoms with Crippen LogP contribution in [0.1, 0.15) is 49.3 Å². The lowest BCUT2D eigenvalue weighted by atomic mass is 9.94. The lowest BCUT2D eigenvalue weighted by Gasteiger charge is -2.36. The Morgan fingerprint density at radius 3 is 2.73 bits per heavy atom. The van der Waals surface area contributed by atoms with E-state index in [2.05, 4.69) is 53.3 Å². The summed E-state index contributed by atoms with van der Waals surface area (Å²) >= 11 is 0. The van der Waals surface area contributed by atoms with Crippen molar-refractivity contribution < 1.29 is 4.79 Å². The Bertz CT molecular complexity index is 679. The van der Waals surface area contributed by atoms with E-state index in [1.165, 1.54) is 17.5 Å². The SMILES string of the molecule is CN(C)Cc1ccc([C@H]2CCCCN2C(=O)CCCn2cccn2)cc1. The van der Waals surface area contributed by atoms with Gasteiger partial charge in [0.1, 0.15) is 0 Å². The van der Waals surface area contributed by atoms with Crippen molar-refractivity contribution in [2.24, 2.45) is 0 Å². The summed E-state index contributed by atoms with van der Waals surface area (Å²) in [4.78, 5) is 17.1. The fourth-order valence-electron chi connectivity index (χ4n) is 3.76. The quantitative estimate of drug-likeness (QED) is 0.764. The number of hydrogen-bond acceptors (Lipinski definition) is 3. The number of carbonyl (C=O) groups excluding carboxylic acids is 1. The van der Waals surface area contributed by atoms with E-state index in [-0.39, 0.29) is 11.9 Å². The van der Waals surface area contributed by atoms with Crippen LogP contribution in [-0.2, 0) is 17.9 Å². The zero-order chi connectivity index (χ0) is 18.4. The molecule has 1 aliphatic heterocycles. The summed E-state index contributed by atoms with van der Waals surface area (Å²) in [5.74, 6) is 0.277. The zero-order valence-corrected chi connectivity index (χ0v) is 16.0. The summed E-state index contributed by atoms with van der Waals surface area (Å²) in [6.07, 6.45) is 8.53. The van der Waals surface area contributed by atoms with Gasteiger partial charge in [-0.25, -0.2) is 0 Å². The maximum Gasteiger partial charge on any atom is 0.223 e. The molecule has 1 aliphatic rings. The fraction of sp³-hybridized carbons (Fsp3) is 0.524. The lowest BCUT2D eigenvalue weighted by Crippen LogP contribution is -2.38. The van der Waals surface area contributed by atoms with Crippen LogP contribution in [0.3, 0.4) is 0 Å². The van der Waals surface area contributed by atoms with E-state index in [0.29, 0.717) is 6.42 Å². The second-order valence-corrected chi connectivity index (χ2v) is 7.45. The van der Waals surface area contributed by atoms with Crippen molar-refractivity contribution in [2.45, 2.75) is 51.2 Å². The summed E-state index contributed by atoms with van der Waals surface area (Å²) in [5, 5.41) is 4.21. The number of piperidine rings is 1. The summed E-state index contributed by atoms with van der Waals surface area (Å²) in [6, 6.07) is 11.0. The van der Waals surface area contributed by atoms with Crippen LogP contribution < -0.4 is 0 Å². The topological polar surface area (TPSA) is 41.4 Å². The zero-order valence-electron chi connectivity index (χ0n) is 16.0. The lowest BCUT2D eigenvalue weighted by molar-refractivity contribution is -0.135. The van der Waals surface area contributed by atoms with Crippen LogP contribution in [0.2, 0.25) is 0 Å². The van der Waals surface area contributed by atoms with E-state index >= 15 is 0 Å². The van der Waals surface area contributed by atoms with Crippen LogP contribution in [0.15, 0.2) is 42.7 Å². The Hall–Kier alpha value is -2.14. The van der Waals surface area contributed by atoms with Crippen LogP contribution in [0.4, 0.5) is 0 Å². The van der Waals surface area contributed by atoms with Gasteiger partial charge in [0.25, 0.3) is 0 Å². The van der Waals surface area contributed by atoms with Crippen molar-refractivity contribution >= 4 is 5.91 Å². The highest BCUT2D eigenvalue weighted by Crippen LogP contribution is 2.31. The molecule has 1 fully saturated rings. The molecule has 0 unspecified atom stereocenters. The van der Waals surface area contributed by atoms with Crippen molar-refractivity contribution in [2.75, 3.05) is 20.6 Å². The van der Waals surface area contributed by atoms with Gasteiger partial charge < -0.3 is 9.80 Å². The molecule has 0 radical (unpaired) electrons. The number of aromatic nitrogens is 2. The fourth-order valence-corrected chi connectivity index (χ4v) is 3.76. The van der Waals surface area contributed by atoms with Gasteiger partial charge >= 0.3 is 0 Å². The molecular formula is C21H30N4O. The molecule has 5 heteroatoms. The average molecular weight is 354 g/mol. The van der Waals surface area contributed by atoms with E-state index in [1.807, 2.05) is 16.9 Å². The highest BCUT2D eigenvalue weighted by Gasteiger charge is 2.27. The molecule has 26 heavy (non-hydrogen) atoms. The highest BCUT2D eigenvalue weighted by atomic mass is 16.2. The van der Waals surface area contributed by atoms with Crippen LogP contribution >= 0.6 is 0 Å². The Morgan fingerprint density at radius 1 is 1.23 bits per heavy atom. The van der Waals surface area contributed by atoms with Crippen molar-refractivity contribution in [3.8, 4) is 0 Å². The van der Waals surface area contributed by atoms with Gasteiger partial charge in [-0.3, -0.25) is 9.48 Å². The predicted molar refractivity (Wildman–Crippen MR) is 104 cm³/mol. The van der Waals surface area contributed by atoms with E-state index in [0.717, 1.165) is 38.9 Å². The Kier molecular flexibility index (Phi) is 6.45. The summed E-state index contributed by atoms with van der Waals surface area (Å²) in [6.45, 7) is 2.63. The number of benzene rings is 1. The molecule has 0 N–H and O–H groups in total. The summed E-state index contributed by atoms with van der Waals surface area (Å²) in [5.41, 5.74) is 2.58. The van der Waals surface area contributed by atoms with Gasteiger partial charge in [-0.2, -0.15) is 5.10 Å². The molecule has 0 bridgehead atoms. The third-order valence-electron chi connectivity index (χ3n) is 5.02. The molecule has 140 valence electrons. The van der Waals surface area contributed by atoms with E-state index in [1.54, 1.807) is 6.20 Å². The second-order valence-electron chi connectivity index (χ2n) is 7.45. The van der Waals surface area contributed by atoms with Crippen molar-refractivity contribution in [3.05, 3.63) is 53.9 Å². The second kappa shape index (κ2) is 8.99. The largest absolute Gasteiger partial charge is 0.336 e. The molecular weight excluding hydrogens is 324 g/mol. The number of nitrogens with zero attached hydrogens (tertiary/aromatic N) is 4. The molecule has 1 aromatic carbocycles. The molecule has 1 aromatic heterocycles. The van der Waals surface area contributed by atoms with E-state index in [9.17, 15) is 4.79 Å². The van der Waals surface area contributed by atoms with Crippen LogP contribution in [0, 0.1) is 0 Å². The number of rotatable bonds is 7. The molecule has 2 aromatic rings. The van der Waals surface area contributed by atoms with Crippen molar-refractivity contribution in [1.82, 2.24) is 19.6 Å². The van der Waals surface area contributed by atoms with Gasteiger partial charge in [-0.05, 0) is 57.0 Å². The molecule has 1 saturated heterocycles. The number of amides is 1. The van der Waals surface area contributed by atoms with Gasteiger partial charge in [-0.15, -0.1) is 0 Å². The first kappa shape index (κ1) is 18.6. The molecule has 0 saturated carbocycles. The first-order chi connectivity index (χ1) is 12.6. The molecule has 1 atom stereocenters. The van der Waals surface area contributed by atoms with Crippen LogP contribution in [0.5, 0.6) is 0 Å². The number of carbonyl (C=O) groups is 1. The maximum absolute atomic E-state index is 12.8. The summed E-state index contributed by atoms with van der Waals surface area (Å²) in [7, 11) is 4.16. The standard InChI is InChI=1S/C21H30N4O/c1-23(2)17-18-9-11-19(12-10-18)20-7-3-4-16-25(20)21(26)8-5-14-24-15-6-13-22-24/h6,9-13,15,20H,3-5,7-8,14,16-17H2,1-2H3/t20-/m1/s1. The van der Waals surface area contributed by atoms with E-state index < -0.39 is 0 Å². The van der Waals surface area contributed by atoms with Crippen molar-refractivity contribution in [3.63, 3.8) is 0 Å². The smallest absolute Gasteiger partial charge is 0.223 e. The van der Waals surface area contributed by atoms with Gasteiger partial charge in [0.2, 0.25) is 5.91 Å². The molecule has 0 spiro atoms. The average Bonchev–Trinajstić information content (AvgIpc) is 3.15. The normalized spacial score (nSPS) is 17.7. The third-order valence-corrected chi connectivity index (χ3v) is 5.02. The minimum absolute atomic E-state index is 0.231. The number of hydrogen-bond donors (Lipinski definition) is 0. The molecule has 2 heterocycles. The first-order valence-corrected chi connectivity index (χ1v) is 9.64. The molecule has 5 nitrogen and oxygen atoms in total. The minimum atomic E-state index is 0.231. The first-order valence-electron chi connectivity index (χ1n) is 9.64. The third kappa shape index (κ3) is 4.94. The van der Waals surface area contributed by atoms with Crippen LogP contribution in [0.25, 0.3) is 0 Å². The Balaban J connectivity index is 1.60. The van der Waals surface area contributed by atoms with Crippen LogP contribution in [-0.4, -0.2) is 46.1 Å². The predicted octanol–water partition coefficient (Wildman–Crippen LogP) is 3.48. The maximum atomic E-state index is 12.8. The van der Waals surface area contributed by atoms with Gasteiger partial charge in [0.15, 0.2) is 0 Å². The van der Waals surface area contributed by atoms with Gasteiger partial charge in [0.05, 0.1) is 6.04 Å². The minimum Gasteiger partial charge on any atom is -0.336 e. The Labute approximate surface area is 156 Å². The number of likely N-dealkylation sites (tertiary alicyclic amines) is 1. The monoisotopic (exact) mass is 354 g/mol. The van der Waals surface area contributed by atoms with E-state index in [4.69, 9.17) is 0 Å². The molecule has 3 rings (SSSR count). The van der Waals surface area contributed by atoms with Gasteiger partial charge in [-0.1, -0.05) is 24.3 Å². The van der Waals surface area contributed by atoms with Crippen molar-refractivity contribution in [1.29, 1.82) is 0 Å². The molecule has 1 amide bonds.